The van der Waals surface area contributed by atoms with E-state index in [2.05, 4.69) is 12.0 Å². The van der Waals surface area contributed by atoms with Crippen LogP contribution >= 0.6 is 0 Å². The van der Waals surface area contributed by atoms with Crippen molar-refractivity contribution in [2.75, 3.05) is 6.54 Å². The van der Waals surface area contributed by atoms with Gasteiger partial charge in [-0.25, -0.2) is 0 Å². The molecule has 1 rings (SSSR count). The summed E-state index contributed by atoms with van der Waals surface area (Å²) in [6, 6.07) is 4.06. The van der Waals surface area contributed by atoms with E-state index in [1.165, 1.54) is 5.56 Å². The second kappa shape index (κ2) is 4.01. The van der Waals surface area contributed by atoms with Gasteiger partial charge >= 0.3 is 0 Å². The molecule has 0 radical (unpaired) electrons. The lowest BCUT2D eigenvalue weighted by atomic mass is 10.2. The number of quaternary nitrogens is 1. The van der Waals surface area contributed by atoms with E-state index in [-0.39, 0.29) is 0 Å². The molecule has 2 heteroatoms. The van der Waals surface area contributed by atoms with Gasteiger partial charge in [-0.15, -0.1) is 0 Å². The third-order valence-electron chi connectivity index (χ3n) is 1.39. The summed E-state index contributed by atoms with van der Waals surface area (Å²) in [5.74, 6) is 0. The van der Waals surface area contributed by atoms with Gasteiger partial charge in [0.05, 0.1) is 6.54 Å². The van der Waals surface area contributed by atoms with E-state index >= 15 is 0 Å². The summed E-state index contributed by atoms with van der Waals surface area (Å²) in [7, 11) is 3.66. The van der Waals surface area contributed by atoms with E-state index in [4.69, 9.17) is 0 Å². The Morgan fingerprint density at radius 1 is 1.40 bits per heavy atom. The van der Waals surface area contributed by atoms with Crippen LogP contribution in [0.3, 0.4) is 0 Å². The van der Waals surface area contributed by atoms with Crippen LogP contribution in [0.5, 0.6) is 0 Å². The number of rotatable bonds is 3. The Kier molecular flexibility index (Phi) is 2.90. The maximum atomic E-state index is 3.93. The van der Waals surface area contributed by atoms with Gasteiger partial charge in [0.15, 0.2) is 0 Å². The van der Waals surface area contributed by atoms with Crippen LogP contribution in [0.2, 0.25) is 0 Å². The number of pyridine rings is 1. The van der Waals surface area contributed by atoms with Gasteiger partial charge in [0.1, 0.15) is 0 Å². The fourth-order valence-electron chi connectivity index (χ4n) is 0.818. The summed E-state index contributed by atoms with van der Waals surface area (Å²) in [4.78, 5) is 3.93. The summed E-state index contributed by atoms with van der Waals surface area (Å²) in [5.41, 5.74) is 1.33. The molecule has 54 valence electrons. The molecule has 0 aliphatic heterocycles. The minimum Gasteiger partial charge on any atom is -0.479 e. The average Bonchev–Trinajstić information content (AvgIpc) is 2.03. The lowest BCUT2D eigenvalue weighted by Gasteiger charge is -1.98. The molecule has 0 saturated carbocycles. The highest BCUT2D eigenvalue weighted by molar-refractivity contribution is 5.09. The smallest absolute Gasteiger partial charge is 0.0556 e. The number of aromatic nitrogens is 1. The van der Waals surface area contributed by atoms with Gasteiger partial charge in [-0.05, 0) is 17.7 Å². The van der Waals surface area contributed by atoms with Gasteiger partial charge in [-0.3, -0.25) is 4.98 Å². The van der Waals surface area contributed by atoms with Gasteiger partial charge < -0.3 is 5.32 Å². The summed E-state index contributed by atoms with van der Waals surface area (Å²) < 4.78 is 0. The molecule has 1 aromatic rings. The molecule has 0 aliphatic rings. The number of nitrogens with zero attached hydrogens (tertiary/aromatic N) is 1. The van der Waals surface area contributed by atoms with Crippen LogP contribution in [0.25, 0.3) is 0 Å². The van der Waals surface area contributed by atoms with Crippen molar-refractivity contribution in [1.82, 2.24) is 4.98 Å². The SMILES string of the molecule is [CH2-][NH2+]CCc1ccncc1. The zero-order valence-corrected chi connectivity index (χ0v) is 5.96. The van der Waals surface area contributed by atoms with Crippen molar-refractivity contribution in [2.24, 2.45) is 0 Å². The van der Waals surface area contributed by atoms with Crippen molar-refractivity contribution in [3.05, 3.63) is 37.1 Å². The lowest BCUT2D eigenvalue weighted by molar-refractivity contribution is -0.594. The van der Waals surface area contributed by atoms with E-state index < -0.39 is 0 Å². The first-order chi connectivity index (χ1) is 4.93. The van der Waals surface area contributed by atoms with Crippen molar-refractivity contribution in [2.45, 2.75) is 6.42 Å². The van der Waals surface area contributed by atoms with Crippen LogP contribution in [0.4, 0.5) is 0 Å². The summed E-state index contributed by atoms with van der Waals surface area (Å²) >= 11 is 0. The highest BCUT2D eigenvalue weighted by Gasteiger charge is 1.88. The minimum atomic E-state index is 1.05. The van der Waals surface area contributed by atoms with Crippen LogP contribution in [-0.4, -0.2) is 11.5 Å². The van der Waals surface area contributed by atoms with Gasteiger partial charge in [0.2, 0.25) is 0 Å². The summed E-state index contributed by atoms with van der Waals surface area (Å²) in [6.07, 6.45) is 4.71. The van der Waals surface area contributed by atoms with Gasteiger partial charge in [0, 0.05) is 18.8 Å². The third kappa shape index (κ3) is 2.15. The molecular formula is C8H12N2. The van der Waals surface area contributed by atoms with Crippen molar-refractivity contribution in [3.8, 4) is 0 Å². The van der Waals surface area contributed by atoms with Gasteiger partial charge in [-0.1, -0.05) is 0 Å². The molecule has 0 bridgehead atoms. The maximum Gasteiger partial charge on any atom is 0.0556 e. The molecule has 0 amide bonds. The molecule has 0 unspecified atom stereocenters. The monoisotopic (exact) mass is 136 g/mol. The van der Waals surface area contributed by atoms with Gasteiger partial charge in [0.25, 0.3) is 0 Å². The predicted octanol–water partition coefficient (Wildman–Crippen LogP) is -0.0209. The highest BCUT2D eigenvalue weighted by Crippen LogP contribution is 1.94. The third-order valence-corrected chi connectivity index (χ3v) is 1.39. The normalized spacial score (nSPS) is 9.70. The summed E-state index contributed by atoms with van der Waals surface area (Å²) in [5, 5.41) is 1.93. The zero-order chi connectivity index (χ0) is 7.23. The molecule has 0 atom stereocenters. The predicted molar refractivity (Wildman–Crippen MR) is 40.1 cm³/mol. The molecule has 1 heterocycles. The Bertz CT molecular complexity index is 172. The minimum absolute atomic E-state index is 1.05. The van der Waals surface area contributed by atoms with Crippen LogP contribution in [0, 0.1) is 7.05 Å². The number of hydrogen-bond donors (Lipinski definition) is 1. The molecule has 0 saturated heterocycles. The van der Waals surface area contributed by atoms with Gasteiger partial charge in [-0.2, -0.15) is 7.05 Å². The Hall–Kier alpha value is -0.890. The van der Waals surface area contributed by atoms with Crippen molar-refractivity contribution < 1.29 is 5.32 Å². The van der Waals surface area contributed by atoms with Crippen LogP contribution in [0.1, 0.15) is 5.56 Å². The van der Waals surface area contributed by atoms with E-state index in [0.29, 0.717) is 0 Å². The quantitative estimate of drug-likeness (QED) is 0.581. The molecular weight excluding hydrogens is 124 g/mol. The number of nitrogens with two attached hydrogens (primary N) is 1. The molecule has 0 aromatic carbocycles. The standard InChI is InChI=1S/C8H12N2/c1-9-5-2-8-3-6-10-7-4-8/h3-4,6-7H,1-2,5,9H2. The topological polar surface area (TPSA) is 29.5 Å². The Labute approximate surface area is 61.3 Å². The Balaban J connectivity index is 2.43. The fraction of sp³-hybridized carbons (Fsp3) is 0.250. The second-order valence-corrected chi connectivity index (χ2v) is 2.18. The second-order valence-electron chi connectivity index (χ2n) is 2.18. The lowest BCUT2D eigenvalue weighted by Crippen LogP contribution is -2.77. The summed E-state index contributed by atoms with van der Waals surface area (Å²) in [6.45, 7) is 1.05. The Morgan fingerprint density at radius 3 is 2.70 bits per heavy atom. The highest BCUT2D eigenvalue weighted by atomic mass is 14.8. The van der Waals surface area contributed by atoms with Crippen LogP contribution < -0.4 is 5.32 Å². The molecule has 1 aromatic heterocycles. The molecule has 0 aliphatic carbocycles. The van der Waals surface area contributed by atoms with Crippen molar-refractivity contribution in [1.29, 1.82) is 0 Å². The Morgan fingerprint density at radius 2 is 2.10 bits per heavy atom. The molecule has 10 heavy (non-hydrogen) atoms. The van der Waals surface area contributed by atoms with Crippen LogP contribution in [0.15, 0.2) is 24.5 Å². The molecule has 2 nitrogen and oxygen atoms in total. The van der Waals surface area contributed by atoms with E-state index in [1.54, 1.807) is 0 Å². The molecule has 2 N–H and O–H groups in total. The zero-order valence-electron chi connectivity index (χ0n) is 5.96. The van der Waals surface area contributed by atoms with Crippen LogP contribution in [-0.2, 0) is 6.42 Å². The van der Waals surface area contributed by atoms with E-state index in [1.807, 2.05) is 29.8 Å². The molecule has 0 fully saturated rings. The van der Waals surface area contributed by atoms with E-state index in [0.717, 1.165) is 13.0 Å². The van der Waals surface area contributed by atoms with Crippen molar-refractivity contribution in [3.63, 3.8) is 0 Å². The first-order valence-corrected chi connectivity index (χ1v) is 3.43. The first-order valence-electron chi connectivity index (χ1n) is 3.43. The molecule has 0 spiro atoms. The number of hydrogen-bond acceptors (Lipinski definition) is 1. The average molecular weight is 136 g/mol. The van der Waals surface area contributed by atoms with E-state index in [9.17, 15) is 0 Å². The fourth-order valence-corrected chi connectivity index (χ4v) is 0.818. The largest absolute Gasteiger partial charge is 0.479 e. The maximum absolute atomic E-state index is 3.93. The first kappa shape index (κ1) is 7.22. The van der Waals surface area contributed by atoms with Crippen molar-refractivity contribution >= 4 is 0 Å².